The zero-order valence-corrected chi connectivity index (χ0v) is 15.4. The van der Waals surface area contributed by atoms with Gasteiger partial charge in [-0.05, 0) is 42.7 Å². The predicted molar refractivity (Wildman–Crippen MR) is 106 cm³/mol. The summed E-state index contributed by atoms with van der Waals surface area (Å²) < 4.78 is 0. The second-order valence-electron chi connectivity index (χ2n) is 7.30. The van der Waals surface area contributed by atoms with Gasteiger partial charge in [0.2, 0.25) is 5.91 Å². The van der Waals surface area contributed by atoms with Gasteiger partial charge in [-0.2, -0.15) is 0 Å². The molecule has 5 nitrogen and oxygen atoms in total. The zero-order valence-electron chi connectivity index (χ0n) is 15.4. The van der Waals surface area contributed by atoms with E-state index in [1.165, 1.54) is 5.69 Å². The number of para-hydroxylation sites is 1. The minimum absolute atomic E-state index is 0.0799. The third-order valence-electron chi connectivity index (χ3n) is 5.30. The van der Waals surface area contributed by atoms with Gasteiger partial charge in [0.05, 0.1) is 0 Å². The number of nitrogens with zero attached hydrogens (tertiary/aromatic N) is 2. The van der Waals surface area contributed by atoms with Crippen molar-refractivity contribution in [2.75, 3.05) is 31.1 Å². The van der Waals surface area contributed by atoms with Crippen molar-refractivity contribution in [1.82, 2.24) is 10.2 Å². The summed E-state index contributed by atoms with van der Waals surface area (Å²) in [5.41, 5.74) is 2.94. The number of hydrogen-bond donors (Lipinski definition) is 1. The Kier molecular flexibility index (Phi) is 5.10. The fourth-order valence-corrected chi connectivity index (χ4v) is 3.43. The molecule has 2 aromatic carbocycles. The Labute approximate surface area is 160 Å². The lowest BCUT2D eigenvalue weighted by Crippen LogP contribution is -2.48. The monoisotopic (exact) mass is 363 g/mol. The Morgan fingerprint density at radius 2 is 1.56 bits per heavy atom. The fourth-order valence-electron chi connectivity index (χ4n) is 3.43. The zero-order chi connectivity index (χ0) is 18.6. The minimum Gasteiger partial charge on any atom is -0.368 e. The van der Waals surface area contributed by atoms with E-state index in [0.717, 1.165) is 44.6 Å². The molecule has 1 aliphatic heterocycles. The van der Waals surface area contributed by atoms with Gasteiger partial charge in [0.25, 0.3) is 5.91 Å². The number of rotatable bonds is 5. The van der Waals surface area contributed by atoms with E-state index in [4.69, 9.17) is 0 Å². The molecule has 0 radical (unpaired) electrons. The molecule has 0 atom stereocenters. The molecule has 1 saturated heterocycles. The van der Waals surface area contributed by atoms with E-state index in [1.807, 2.05) is 47.4 Å². The van der Waals surface area contributed by atoms with E-state index < -0.39 is 0 Å². The molecular formula is C22H25N3O2. The van der Waals surface area contributed by atoms with Gasteiger partial charge in [0.15, 0.2) is 0 Å². The predicted octanol–water partition coefficient (Wildman–Crippen LogP) is 2.68. The molecule has 2 fully saturated rings. The summed E-state index contributed by atoms with van der Waals surface area (Å²) >= 11 is 0. The number of nitrogens with one attached hydrogen (secondary N) is 1. The van der Waals surface area contributed by atoms with Crippen molar-refractivity contribution in [3.8, 4) is 0 Å². The van der Waals surface area contributed by atoms with E-state index in [9.17, 15) is 9.59 Å². The highest BCUT2D eigenvalue weighted by molar-refractivity contribution is 5.94. The number of hydrogen-bond acceptors (Lipinski definition) is 3. The first-order valence-electron chi connectivity index (χ1n) is 9.66. The lowest BCUT2D eigenvalue weighted by molar-refractivity contribution is -0.122. The van der Waals surface area contributed by atoms with Crippen LogP contribution in [-0.2, 0) is 11.3 Å². The second kappa shape index (κ2) is 7.82. The topological polar surface area (TPSA) is 52.7 Å². The van der Waals surface area contributed by atoms with Gasteiger partial charge in [0, 0.05) is 49.9 Å². The average molecular weight is 363 g/mol. The number of carbonyl (C=O) groups excluding carboxylic acids is 2. The molecule has 5 heteroatoms. The van der Waals surface area contributed by atoms with Crippen molar-refractivity contribution in [2.45, 2.75) is 19.4 Å². The van der Waals surface area contributed by atoms with Crippen LogP contribution in [0.3, 0.4) is 0 Å². The van der Waals surface area contributed by atoms with Crippen LogP contribution in [-0.4, -0.2) is 42.9 Å². The highest BCUT2D eigenvalue weighted by Gasteiger charge is 2.29. The summed E-state index contributed by atoms with van der Waals surface area (Å²) in [6.07, 6.45) is 2.02. The van der Waals surface area contributed by atoms with Crippen LogP contribution in [0.5, 0.6) is 0 Å². The minimum atomic E-state index is 0.0799. The SMILES string of the molecule is O=C(NCc1ccc(C(=O)N2CCN(c3ccccc3)CC2)cc1)C1CC1. The second-order valence-corrected chi connectivity index (χ2v) is 7.30. The average Bonchev–Trinajstić information content (AvgIpc) is 3.58. The molecule has 0 aromatic heterocycles. The summed E-state index contributed by atoms with van der Waals surface area (Å²) in [6, 6.07) is 17.9. The molecular weight excluding hydrogens is 338 g/mol. The molecule has 1 heterocycles. The number of piperazine rings is 1. The van der Waals surface area contributed by atoms with Crippen molar-refractivity contribution >= 4 is 17.5 Å². The van der Waals surface area contributed by atoms with Crippen LogP contribution >= 0.6 is 0 Å². The first-order valence-corrected chi connectivity index (χ1v) is 9.66. The largest absolute Gasteiger partial charge is 0.368 e. The standard InChI is InChI=1S/C22H25N3O2/c26-21(18-10-11-18)23-16-17-6-8-19(9-7-17)22(27)25-14-12-24(13-15-25)20-4-2-1-3-5-20/h1-9,18H,10-16H2,(H,23,26). The summed E-state index contributed by atoms with van der Waals surface area (Å²) in [4.78, 5) is 28.7. The summed E-state index contributed by atoms with van der Waals surface area (Å²) in [6.45, 7) is 3.68. The first kappa shape index (κ1) is 17.6. The normalized spacial score (nSPS) is 16.9. The van der Waals surface area contributed by atoms with E-state index >= 15 is 0 Å². The van der Waals surface area contributed by atoms with Gasteiger partial charge >= 0.3 is 0 Å². The maximum absolute atomic E-state index is 12.8. The van der Waals surface area contributed by atoms with Crippen LogP contribution in [0.4, 0.5) is 5.69 Å². The van der Waals surface area contributed by atoms with E-state index in [0.29, 0.717) is 12.1 Å². The van der Waals surface area contributed by atoms with Crippen molar-refractivity contribution in [3.05, 3.63) is 65.7 Å². The summed E-state index contributed by atoms with van der Waals surface area (Å²) in [7, 11) is 0. The molecule has 1 N–H and O–H groups in total. The summed E-state index contributed by atoms with van der Waals surface area (Å²) in [5, 5.41) is 2.95. The van der Waals surface area contributed by atoms with Crippen LogP contribution in [0.2, 0.25) is 0 Å². The maximum atomic E-state index is 12.8. The Balaban J connectivity index is 1.30. The molecule has 1 saturated carbocycles. The Hall–Kier alpha value is -2.82. The lowest BCUT2D eigenvalue weighted by atomic mass is 10.1. The van der Waals surface area contributed by atoms with E-state index in [2.05, 4.69) is 22.3 Å². The first-order chi connectivity index (χ1) is 13.2. The molecule has 4 rings (SSSR count). The van der Waals surface area contributed by atoms with Gasteiger partial charge in [0.1, 0.15) is 0 Å². The van der Waals surface area contributed by atoms with Crippen molar-refractivity contribution < 1.29 is 9.59 Å². The highest BCUT2D eigenvalue weighted by atomic mass is 16.2. The maximum Gasteiger partial charge on any atom is 0.253 e. The molecule has 140 valence electrons. The molecule has 2 amide bonds. The quantitative estimate of drug-likeness (QED) is 0.889. The fraction of sp³-hybridized carbons (Fsp3) is 0.364. The van der Waals surface area contributed by atoms with Crippen LogP contribution in [0.15, 0.2) is 54.6 Å². The smallest absolute Gasteiger partial charge is 0.253 e. The highest BCUT2D eigenvalue weighted by Crippen LogP contribution is 2.28. The van der Waals surface area contributed by atoms with Crippen molar-refractivity contribution in [3.63, 3.8) is 0 Å². The molecule has 0 bridgehead atoms. The lowest BCUT2D eigenvalue weighted by Gasteiger charge is -2.36. The Morgan fingerprint density at radius 1 is 0.889 bits per heavy atom. The van der Waals surface area contributed by atoms with Gasteiger partial charge in [-0.1, -0.05) is 30.3 Å². The van der Waals surface area contributed by atoms with Gasteiger partial charge in [-0.15, -0.1) is 0 Å². The number of benzene rings is 2. The number of anilines is 1. The number of carbonyl (C=O) groups is 2. The van der Waals surface area contributed by atoms with Crippen LogP contribution in [0.25, 0.3) is 0 Å². The van der Waals surface area contributed by atoms with E-state index in [1.54, 1.807) is 0 Å². The van der Waals surface area contributed by atoms with Gasteiger partial charge in [-0.25, -0.2) is 0 Å². The molecule has 27 heavy (non-hydrogen) atoms. The third kappa shape index (κ3) is 4.30. The molecule has 0 spiro atoms. The van der Waals surface area contributed by atoms with Gasteiger partial charge in [-0.3, -0.25) is 9.59 Å². The molecule has 1 aliphatic carbocycles. The third-order valence-corrected chi connectivity index (χ3v) is 5.30. The van der Waals surface area contributed by atoms with Crippen LogP contribution < -0.4 is 10.2 Å². The Morgan fingerprint density at radius 3 is 2.19 bits per heavy atom. The van der Waals surface area contributed by atoms with Crippen LogP contribution in [0, 0.1) is 5.92 Å². The molecule has 2 aromatic rings. The van der Waals surface area contributed by atoms with Crippen molar-refractivity contribution in [2.24, 2.45) is 5.92 Å². The molecule has 0 unspecified atom stereocenters. The van der Waals surface area contributed by atoms with Crippen molar-refractivity contribution in [1.29, 1.82) is 0 Å². The van der Waals surface area contributed by atoms with E-state index in [-0.39, 0.29) is 17.7 Å². The Bertz CT molecular complexity index is 792. The molecule has 2 aliphatic rings. The van der Waals surface area contributed by atoms with Crippen LogP contribution in [0.1, 0.15) is 28.8 Å². The number of amides is 2. The summed E-state index contributed by atoms with van der Waals surface area (Å²) in [5.74, 6) is 0.447. The van der Waals surface area contributed by atoms with Gasteiger partial charge < -0.3 is 15.1 Å².